The summed E-state index contributed by atoms with van der Waals surface area (Å²) in [5.41, 5.74) is 2.11. The highest BCUT2D eigenvalue weighted by Crippen LogP contribution is 2.36. The van der Waals surface area contributed by atoms with Crippen molar-refractivity contribution in [2.75, 3.05) is 18.1 Å². The van der Waals surface area contributed by atoms with Crippen LogP contribution in [0.4, 0.5) is 5.69 Å². The molecular formula is C14H17NO2. The number of aryl methyl sites for hydroxylation is 1. The number of nitrogens with zero attached hydrogens (tertiary/aromatic N) is 1. The average Bonchev–Trinajstić information content (AvgIpc) is 2.25. The van der Waals surface area contributed by atoms with Crippen LogP contribution in [0.5, 0.6) is 5.75 Å². The third-order valence-corrected chi connectivity index (χ3v) is 3.70. The smallest absolute Gasteiger partial charge is 0.230 e. The quantitative estimate of drug-likeness (QED) is 0.743. The first kappa shape index (κ1) is 10.6. The van der Waals surface area contributed by atoms with Crippen LogP contribution in [0.15, 0.2) is 18.2 Å². The molecule has 0 N–H and O–H groups in total. The summed E-state index contributed by atoms with van der Waals surface area (Å²) in [6.07, 6.45) is 3.30. The Hall–Kier alpha value is -1.51. The van der Waals surface area contributed by atoms with Crippen molar-refractivity contribution < 1.29 is 9.53 Å². The number of rotatable bonds is 1. The fraction of sp³-hybridized carbons (Fsp3) is 0.500. The number of carbonyl (C=O) groups is 1. The Morgan fingerprint density at radius 3 is 2.94 bits per heavy atom. The largest absolute Gasteiger partial charge is 0.490 e. The number of benzene rings is 1. The molecular weight excluding hydrogens is 214 g/mol. The number of carbonyl (C=O) groups excluding carboxylic acids is 1. The van der Waals surface area contributed by atoms with Gasteiger partial charge in [-0.25, -0.2) is 0 Å². The van der Waals surface area contributed by atoms with E-state index >= 15 is 0 Å². The molecule has 1 amide bonds. The van der Waals surface area contributed by atoms with Gasteiger partial charge in [0.05, 0.1) is 12.2 Å². The predicted octanol–water partition coefficient (Wildman–Crippen LogP) is 2.52. The minimum Gasteiger partial charge on any atom is -0.490 e. The van der Waals surface area contributed by atoms with Crippen molar-refractivity contribution in [3.05, 3.63) is 23.8 Å². The second-order valence-corrected chi connectivity index (χ2v) is 4.94. The van der Waals surface area contributed by atoms with Gasteiger partial charge in [-0.1, -0.05) is 12.5 Å². The summed E-state index contributed by atoms with van der Waals surface area (Å²) in [5, 5.41) is 0. The molecule has 0 radical (unpaired) electrons. The van der Waals surface area contributed by atoms with E-state index in [9.17, 15) is 4.79 Å². The van der Waals surface area contributed by atoms with E-state index in [1.807, 2.05) is 30.0 Å². The van der Waals surface area contributed by atoms with Gasteiger partial charge in [0.1, 0.15) is 12.4 Å². The molecule has 0 bridgehead atoms. The first-order valence-electron chi connectivity index (χ1n) is 6.30. The fourth-order valence-corrected chi connectivity index (χ4v) is 2.43. The van der Waals surface area contributed by atoms with Crippen molar-refractivity contribution in [3.8, 4) is 5.75 Å². The van der Waals surface area contributed by atoms with Crippen molar-refractivity contribution in [3.63, 3.8) is 0 Å². The van der Waals surface area contributed by atoms with Gasteiger partial charge in [0.2, 0.25) is 5.91 Å². The van der Waals surface area contributed by atoms with Crippen molar-refractivity contribution >= 4 is 11.6 Å². The third-order valence-electron chi connectivity index (χ3n) is 3.70. The molecule has 1 saturated carbocycles. The fourth-order valence-electron chi connectivity index (χ4n) is 2.43. The lowest BCUT2D eigenvalue weighted by Gasteiger charge is -2.35. The second kappa shape index (κ2) is 4.06. The number of anilines is 1. The van der Waals surface area contributed by atoms with E-state index in [1.54, 1.807) is 0 Å². The summed E-state index contributed by atoms with van der Waals surface area (Å²) in [6, 6.07) is 6.05. The van der Waals surface area contributed by atoms with Gasteiger partial charge in [0.15, 0.2) is 0 Å². The van der Waals surface area contributed by atoms with Gasteiger partial charge in [0, 0.05) is 5.92 Å². The molecule has 17 heavy (non-hydrogen) atoms. The predicted molar refractivity (Wildman–Crippen MR) is 66.4 cm³/mol. The zero-order valence-corrected chi connectivity index (χ0v) is 10.1. The minimum absolute atomic E-state index is 0.252. The second-order valence-electron chi connectivity index (χ2n) is 4.94. The summed E-state index contributed by atoms with van der Waals surface area (Å²) in [7, 11) is 0. The Bertz CT molecular complexity index is 452. The summed E-state index contributed by atoms with van der Waals surface area (Å²) < 4.78 is 5.62. The molecule has 0 aromatic heterocycles. The van der Waals surface area contributed by atoms with E-state index < -0.39 is 0 Å². The highest BCUT2D eigenvalue weighted by atomic mass is 16.5. The van der Waals surface area contributed by atoms with Crippen LogP contribution in [0.1, 0.15) is 24.8 Å². The molecule has 1 fully saturated rings. The van der Waals surface area contributed by atoms with E-state index in [-0.39, 0.29) is 11.8 Å². The lowest BCUT2D eigenvalue weighted by molar-refractivity contribution is -0.124. The molecule has 0 atom stereocenters. The highest BCUT2D eigenvalue weighted by Gasteiger charge is 2.32. The number of amides is 1. The third kappa shape index (κ3) is 1.79. The molecule has 3 rings (SSSR count). The molecule has 0 spiro atoms. The Labute approximate surface area is 101 Å². The van der Waals surface area contributed by atoms with E-state index in [0.717, 1.165) is 24.3 Å². The van der Waals surface area contributed by atoms with E-state index in [0.29, 0.717) is 13.2 Å². The summed E-state index contributed by atoms with van der Waals surface area (Å²) in [6.45, 7) is 3.33. The van der Waals surface area contributed by atoms with Crippen LogP contribution in [-0.4, -0.2) is 19.1 Å². The molecule has 2 aliphatic rings. The van der Waals surface area contributed by atoms with Gasteiger partial charge < -0.3 is 9.64 Å². The van der Waals surface area contributed by atoms with Gasteiger partial charge in [-0.05, 0) is 37.5 Å². The first-order chi connectivity index (χ1) is 8.25. The molecule has 1 aromatic rings. The SMILES string of the molecule is Cc1ccc2c(c1)OCCN2C(=O)C1CCC1. The first-order valence-corrected chi connectivity index (χ1v) is 6.30. The van der Waals surface area contributed by atoms with Crippen molar-refractivity contribution in [2.24, 2.45) is 5.92 Å². The van der Waals surface area contributed by atoms with E-state index in [1.165, 1.54) is 12.0 Å². The summed E-state index contributed by atoms with van der Waals surface area (Å²) in [5.74, 6) is 1.39. The maximum atomic E-state index is 12.3. The van der Waals surface area contributed by atoms with Crippen molar-refractivity contribution in [1.82, 2.24) is 0 Å². The summed E-state index contributed by atoms with van der Waals surface area (Å²) >= 11 is 0. The van der Waals surface area contributed by atoms with Gasteiger partial charge in [0.25, 0.3) is 0 Å². The van der Waals surface area contributed by atoms with Crippen LogP contribution in [0.25, 0.3) is 0 Å². The molecule has 90 valence electrons. The van der Waals surface area contributed by atoms with Crippen LogP contribution in [0, 0.1) is 12.8 Å². The maximum absolute atomic E-state index is 12.3. The minimum atomic E-state index is 0.252. The molecule has 1 aliphatic carbocycles. The number of hydrogen-bond donors (Lipinski definition) is 0. The lowest BCUT2D eigenvalue weighted by Crippen LogP contribution is -2.43. The molecule has 3 heteroatoms. The zero-order valence-electron chi connectivity index (χ0n) is 10.1. The standard InChI is InChI=1S/C14H17NO2/c1-10-5-6-12-13(9-10)17-8-7-15(12)14(16)11-3-2-4-11/h5-6,9,11H,2-4,7-8H2,1H3. The molecule has 1 aliphatic heterocycles. The van der Waals surface area contributed by atoms with Gasteiger partial charge in [-0.3, -0.25) is 4.79 Å². The molecule has 1 aromatic carbocycles. The van der Waals surface area contributed by atoms with Crippen LogP contribution in [0.2, 0.25) is 0 Å². The Morgan fingerprint density at radius 2 is 2.24 bits per heavy atom. The number of hydrogen-bond acceptors (Lipinski definition) is 2. The van der Waals surface area contributed by atoms with Crippen LogP contribution >= 0.6 is 0 Å². The number of ether oxygens (including phenoxy) is 1. The van der Waals surface area contributed by atoms with Crippen LogP contribution in [-0.2, 0) is 4.79 Å². The molecule has 0 saturated heterocycles. The maximum Gasteiger partial charge on any atom is 0.230 e. The molecule has 0 unspecified atom stereocenters. The average molecular weight is 231 g/mol. The Morgan fingerprint density at radius 1 is 1.41 bits per heavy atom. The van der Waals surface area contributed by atoms with E-state index in [4.69, 9.17) is 4.74 Å². The van der Waals surface area contributed by atoms with Crippen LogP contribution in [0.3, 0.4) is 0 Å². The molecule has 3 nitrogen and oxygen atoms in total. The zero-order chi connectivity index (χ0) is 11.8. The highest BCUT2D eigenvalue weighted by molar-refractivity contribution is 5.97. The van der Waals surface area contributed by atoms with Crippen molar-refractivity contribution in [1.29, 1.82) is 0 Å². The summed E-state index contributed by atoms with van der Waals surface area (Å²) in [4.78, 5) is 14.2. The van der Waals surface area contributed by atoms with Gasteiger partial charge >= 0.3 is 0 Å². The van der Waals surface area contributed by atoms with Crippen molar-refractivity contribution in [2.45, 2.75) is 26.2 Å². The lowest BCUT2D eigenvalue weighted by atomic mass is 9.84. The topological polar surface area (TPSA) is 29.5 Å². The normalized spacial score (nSPS) is 19.2. The van der Waals surface area contributed by atoms with Crippen LogP contribution < -0.4 is 9.64 Å². The van der Waals surface area contributed by atoms with Gasteiger partial charge in [-0.2, -0.15) is 0 Å². The Kier molecular flexibility index (Phi) is 2.54. The number of fused-ring (bicyclic) bond motifs is 1. The van der Waals surface area contributed by atoms with E-state index in [2.05, 4.69) is 0 Å². The van der Waals surface area contributed by atoms with Gasteiger partial charge in [-0.15, -0.1) is 0 Å². The monoisotopic (exact) mass is 231 g/mol. The Balaban J connectivity index is 1.90. The molecule has 1 heterocycles.